The molecule has 0 aliphatic rings. The van der Waals surface area contributed by atoms with Crippen molar-refractivity contribution < 1.29 is 4.74 Å². The molecule has 2 aromatic carbocycles. The van der Waals surface area contributed by atoms with Gasteiger partial charge in [-0.15, -0.1) is 11.3 Å². The van der Waals surface area contributed by atoms with Crippen molar-refractivity contribution >= 4 is 22.1 Å². The van der Waals surface area contributed by atoms with Gasteiger partial charge in [-0.05, 0) is 37.0 Å². The maximum absolute atomic E-state index is 5.08. The van der Waals surface area contributed by atoms with Gasteiger partial charge in [-0.25, -0.2) is 0 Å². The SMILES string of the molecule is CN(C)CCC([OH+]c1cccc2ccccc12)c1cccs1. The van der Waals surface area contributed by atoms with Crippen molar-refractivity contribution in [2.24, 2.45) is 0 Å². The molecule has 0 saturated heterocycles. The topological polar surface area (TPSA) is 16.0 Å². The van der Waals surface area contributed by atoms with Crippen LogP contribution in [0.1, 0.15) is 17.4 Å². The fraction of sp³-hybridized carbons (Fsp3) is 0.263. The van der Waals surface area contributed by atoms with Crippen molar-refractivity contribution in [3.05, 3.63) is 64.9 Å². The van der Waals surface area contributed by atoms with Crippen LogP contribution < -0.4 is 0 Å². The largest absolute Gasteiger partial charge is 0.576 e. The highest BCUT2D eigenvalue weighted by atomic mass is 32.1. The minimum Gasteiger partial charge on any atom is -0.576 e. The molecule has 2 nitrogen and oxygen atoms in total. The number of aromatic hydroxyl groups is 1. The Balaban J connectivity index is 1.88. The Kier molecular flexibility index (Phi) is 4.76. The zero-order valence-electron chi connectivity index (χ0n) is 13.1. The summed E-state index contributed by atoms with van der Waals surface area (Å²) in [5.74, 6) is 1.09. The number of hydrogen-bond donors (Lipinski definition) is 0. The minimum absolute atomic E-state index is 0.230. The predicted octanol–water partition coefficient (Wildman–Crippen LogP) is 4.84. The van der Waals surface area contributed by atoms with E-state index in [9.17, 15) is 0 Å². The Bertz CT molecular complexity index is 716. The number of benzene rings is 2. The third kappa shape index (κ3) is 3.49. The molecule has 1 unspecified atom stereocenters. The molecule has 0 spiro atoms. The molecule has 1 atom stereocenters. The van der Waals surface area contributed by atoms with Crippen LogP contribution in [0, 0.1) is 0 Å². The monoisotopic (exact) mass is 312 g/mol. The van der Waals surface area contributed by atoms with Crippen LogP contribution in [0.5, 0.6) is 5.75 Å². The lowest BCUT2D eigenvalue weighted by molar-refractivity contribution is -0.0199. The zero-order chi connectivity index (χ0) is 15.4. The van der Waals surface area contributed by atoms with E-state index in [1.54, 1.807) is 11.3 Å². The molecule has 22 heavy (non-hydrogen) atoms. The lowest BCUT2D eigenvalue weighted by Crippen LogP contribution is -2.17. The van der Waals surface area contributed by atoms with Gasteiger partial charge in [0.1, 0.15) is 0 Å². The summed E-state index contributed by atoms with van der Waals surface area (Å²) in [5, 5.41) is 4.62. The maximum Gasteiger partial charge on any atom is 0.262 e. The summed E-state index contributed by atoms with van der Waals surface area (Å²) in [6.45, 7) is 1.04. The first-order valence-electron chi connectivity index (χ1n) is 7.61. The standard InChI is InChI=1S/C19H21NOS/c1-20(2)13-12-18(19-11-6-14-22-19)21-17-10-5-8-15-7-3-4-9-16(15)17/h3-11,14,18H,12-13H2,1-2H3/p+1. The van der Waals surface area contributed by atoms with E-state index in [0.717, 1.165) is 18.7 Å². The van der Waals surface area contributed by atoms with Crippen LogP contribution in [0.25, 0.3) is 10.8 Å². The lowest BCUT2D eigenvalue weighted by Gasteiger charge is -2.18. The van der Waals surface area contributed by atoms with Crippen LogP contribution >= 0.6 is 11.3 Å². The second kappa shape index (κ2) is 6.95. The van der Waals surface area contributed by atoms with Crippen LogP contribution in [0.3, 0.4) is 0 Å². The zero-order valence-corrected chi connectivity index (χ0v) is 13.9. The Morgan fingerprint density at radius 3 is 2.59 bits per heavy atom. The number of thiophene rings is 1. The summed E-state index contributed by atoms with van der Waals surface area (Å²) in [6.07, 6.45) is 1.27. The van der Waals surface area contributed by atoms with Gasteiger partial charge in [-0.2, -0.15) is 0 Å². The van der Waals surface area contributed by atoms with Crippen LogP contribution in [0.15, 0.2) is 60.0 Å². The number of aliphatic hydroxyl groups is 1. The van der Waals surface area contributed by atoms with E-state index in [0.29, 0.717) is 0 Å². The van der Waals surface area contributed by atoms with Gasteiger partial charge < -0.3 is 9.64 Å². The summed E-state index contributed by atoms with van der Waals surface area (Å²) >= 11 is 1.80. The molecule has 0 fully saturated rings. The average molecular weight is 312 g/mol. The van der Waals surface area contributed by atoms with Crippen molar-refractivity contribution in [3.8, 4) is 5.75 Å². The van der Waals surface area contributed by atoms with Gasteiger partial charge in [-0.3, -0.25) is 0 Å². The first-order chi connectivity index (χ1) is 10.7. The molecule has 1 N–H and O–H groups in total. The molecule has 0 saturated carbocycles. The van der Waals surface area contributed by atoms with Gasteiger partial charge >= 0.3 is 0 Å². The first-order valence-corrected chi connectivity index (χ1v) is 8.49. The number of ether oxygens (including phenoxy) is 1. The van der Waals surface area contributed by atoms with Crippen molar-refractivity contribution in [1.82, 2.24) is 4.90 Å². The van der Waals surface area contributed by atoms with Crippen molar-refractivity contribution in [2.75, 3.05) is 20.6 Å². The van der Waals surface area contributed by atoms with E-state index in [2.05, 4.69) is 79.0 Å². The lowest BCUT2D eigenvalue weighted by atomic mass is 10.1. The first kappa shape index (κ1) is 15.1. The smallest absolute Gasteiger partial charge is 0.262 e. The molecule has 0 aliphatic carbocycles. The van der Waals surface area contributed by atoms with Crippen molar-refractivity contribution in [2.45, 2.75) is 12.5 Å². The van der Waals surface area contributed by atoms with E-state index in [-0.39, 0.29) is 6.10 Å². The van der Waals surface area contributed by atoms with Crippen LogP contribution in [0.4, 0.5) is 0 Å². The van der Waals surface area contributed by atoms with Crippen LogP contribution in [-0.2, 0) is 0 Å². The van der Waals surface area contributed by atoms with E-state index in [1.807, 2.05) is 0 Å². The normalized spacial score (nSPS) is 12.7. The predicted molar refractivity (Wildman–Crippen MR) is 95.8 cm³/mol. The fourth-order valence-corrected chi connectivity index (χ4v) is 3.42. The molecule has 1 heterocycles. The maximum atomic E-state index is 5.08. The second-order valence-electron chi connectivity index (χ2n) is 5.75. The molecule has 114 valence electrons. The molecular weight excluding hydrogens is 290 g/mol. The van der Waals surface area contributed by atoms with Crippen LogP contribution in [0.2, 0.25) is 0 Å². The highest BCUT2D eigenvalue weighted by molar-refractivity contribution is 7.10. The summed E-state index contributed by atoms with van der Waals surface area (Å²) in [5.41, 5.74) is 0. The third-order valence-electron chi connectivity index (χ3n) is 3.78. The Morgan fingerprint density at radius 2 is 1.82 bits per heavy atom. The van der Waals surface area contributed by atoms with Gasteiger partial charge in [0.2, 0.25) is 6.10 Å². The van der Waals surface area contributed by atoms with Gasteiger partial charge in [0.15, 0.2) is 0 Å². The average Bonchev–Trinajstić information content (AvgIpc) is 3.05. The Hall–Kier alpha value is -1.84. The highest BCUT2D eigenvalue weighted by Gasteiger charge is 2.20. The van der Waals surface area contributed by atoms with E-state index in [4.69, 9.17) is 4.74 Å². The number of fused-ring (bicyclic) bond motifs is 1. The number of rotatable bonds is 6. The third-order valence-corrected chi connectivity index (χ3v) is 4.76. The highest BCUT2D eigenvalue weighted by Crippen LogP contribution is 2.33. The summed E-state index contributed by atoms with van der Waals surface area (Å²) in [6, 6.07) is 19.1. The van der Waals surface area contributed by atoms with Gasteiger partial charge in [-0.1, -0.05) is 36.4 Å². The summed E-state index contributed by atoms with van der Waals surface area (Å²) in [4.78, 5) is 3.56. The van der Waals surface area contributed by atoms with E-state index >= 15 is 0 Å². The number of hydrogen-bond acceptors (Lipinski definition) is 2. The minimum atomic E-state index is 0.230. The van der Waals surface area contributed by atoms with Crippen molar-refractivity contribution in [1.29, 1.82) is 0 Å². The van der Waals surface area contributed by atoms with Crippen LogP contribution in [-0.4, -0.2) is 30.3 Å². The summed E-state index contributed by atoms with van der Waals surface area (Å²) < 4.78 is 5.08. The molecule has 0 radical (unpaired) electrons. The molecule has 3 heteroatoms. The quantitative estimate of drug-likeness (QED) is 0.595. The summed E-state index contributed by atoms with van der Waals surface area (Å²) in [7, 11) is 4.23. The van der Waals surface area contributed by atoms with Gasteiger partial charge in [0.25, 0.3) is 5.75 Å². The second-order valence-corrected chi connectivity index (χ2v) is 6.73. The molecule has 0 bridgehead atoms. The van der Waals surface area contributed by atoms with Crippen molar-refractivity contribution in [3.63, 3.8) is 0 Å². The van der Waals surface area contributed by atoms with Gasteiger partial charge in [0.05, 0.1) is 10.3 Å². The number of nitrogens with zero attached hydrogens (tertiary/aromatic N) is 1. The van der Waals surface area contributed by atoms with Gasteiger partial charge in [0, 0.05) is 19.0 Å². The molecule has 3 rings (SSSR count). The van der Waals surface area contributed by atoms with E-state index < -0.39 is 0 Å². The Labute approximate surface area is 136 Å². The molecule has 3 aromatic rings. The molecule has 1 aromatic heterocycles. The fourth-order valence-electron chi connectivity index (χ4n) is 2.62. The van der Waals surface area contributed by atoms with E-state index in [1.165, 1.54) is 15.6 Å². The molecule has 0 amide bonds. The molecular formula is C19H22NOS+. The Morgan fingerprint density at radius 1 is 1.00 bits per heavy atom. The molecule has 0 aliphatic heterocycles.